The fourth-order valence-corrected chi connectivity index (χ4v) is 3.06. The first-order valence-electron chi connectivity index (χ1n) is 5.90. The summed E-state index contributed by atoms with van der Waals surface area (Å²) in [4.78, 5) is 6.31. The number of hydrogen-bond acceptors (Lipinski definition) is 3. The van der Waals surface area contributed by atoms with Gasteiger partial charge in [-0.05, 0) is 18.6 Å². The topological polar surface area (TPSA) is 74.8 Å². The number of benzene rings is 1. The summed E-state index contributed by atoms with van der Waals surface area (Å²) in [7, 11) is -4.03. The first kappa shape index (κ1) is 14.6. The Bertz CT molecular complexity index is 666. The maximum Gasteiger partial charge on any atom is 0.241 e. The first-order chi connectivity index (χ1) is 9.42. The van der Waals surface area contributed by atoms with Gasteiger partial charge in [0.25, 0.3) is 0 Å². The third-order valence-corrected chi connectivity index (χ3v) is 4.15. The molecule has 0 bridgehead atoms. The molecule has 1 atom stereocenters. The lowest BCUT2D eigenvalue weighted by atomic mass is 10.2. The van der Waals surface area contributed by atoms with Crippen LogP contribution in [0.15, 0.2) is 35.5 Å². The summed E-state index contributed by atoms with van der Waals surface area (Å²) in [5, 5.41) is 0. The van der Waals surface area contributed by atoms with E-state index in [2.05, 4.69) is 14.7 Å². The lowest BCUT2D eigenvalue weighted by Gasteiger charge is -2.15. The zero-order chi connectivity index (χ0) is 14.8. The standard InChI is InChI=1S/C12H13F2N3O2S/c1-2-11(12-15-3-4-16-12)17-20(18,19)10-6-8(13)5-9(14)7-10/h3-7,11,17H,2H2,1H3,(H,15,16). The Kier molecular flexibility index (Phi) is 4.15. The minimum absolute atomic E-state index is 0.435. The third kappa shape index (κ3) is 3.20. The smallest absolute Gasteiger partial charge is 0.241 e. The lowest BCUT2D eigenvalue weighted by Crippen LogP contribution is -2.29. The second-order valence-electron chi connectivity index (χ2n) is 4.16. The van der Waals surface area contributed by atoms with Gasteiger partial charge in [-0.3, -0.25) is 0 Å². The predicted octanol–water partition coefficient (Wildman–Crippen LogP) is 2.12. The Balaban J connectivity index is 2.30. The van der Waals surface area contributed by atoms with Crippen LogP contribution >= 0.6 is 0 Å². The van der Waals surface area contributed by atoms with E-state index >= 15 is 0 Å². The molecule has 2 N–H and O–H groups in total. The van der Waals surface area contributed by atoms with Crippen molar-refractivity contribution in [1.82, 2.24) is 14.7 Å². The number of aromatic nitrogens is 2. The number of nitrogens with one attached hydrogen (secondary N) is 2. The highest BCUT2D eigenvalue weighted by atomic mass is 32.2. The van der Waals surface area contributed by atoms with Gasteiger partial charge in [-0.2, -0.15) is 0 Å². The highest BCUT2D eigenvalue weighted by Crippen LogP contribution is 2.18. The zero-order valence-electron chi connectivity index (χ0n) is 10.6. The van der Waals surface area contributed by atoms with Crippen molar-refractivity contribution in [2.24, 2.45) is 0 Å². The van der Waals surface area contributed by atoms with E-state index in [1.54, 1.807) is 13.1 Å². The summed E-state index contributed by atoms with van der Waals surface area (Å²) in [6, 6.07) is 1.55. The maximum absolute atomic E-state index is 13.1. The van der Waals surface area contributed by atoms with Gasteiger partial charge in [0.1, 0.15) is 17.5 Å². The van der Waals surface area contributed by atoms with Crippen molar-refractivity contribution in [1.29, 1.82) is 0 Å². The van der Waals surface area contributed by atoms with Crippen molar-refractivity contribution in [2.75, 3.05) is 0 Å². The van der Waals surface area contributed by atoms with Crippen LogP contribution in [-0.2, 0) is 10.0 Å². The van der Waals surface area contributed by atoms with Gasteiger partial charge >= 0.3 is 0 Å². The number of halogens is 2. The molecule has 1 aromatic carbocycles. The molecule has 0 radical (unpaired) electrons. The molecule has 1 heterocycles. The molecule has 1 aromatic heterocycles. The molecule has 0 fully saturated rings. The van der Waals surface area contributed by atoms with Gasteiger partial charge in [-0.15, -0.1) is 0 Å². The number of sulfonamides is 1. The van der Waals surface area contributed by atoms with Crippen LogP contribution in [0.1, 0.15) is 25.2 Å². The molecule has 0 saturated heterocycles. The summed E-state index contributed by atoms with van der Waals surface area (Å²) in [6.07, 6.45) is 3.49. The van der Waals surface area contributed by atoms with Crippen LogP contribution in [0.2, 0.25) is 0 Å². The number of H-pyrrole nitrogens is 1. The van der Waals surface area contributed by atoms with E-state index in [1.165, 1.54) is 6.20 Å². The molecule has 2 aromatic rings. The molecule has 0 aliphatic carbocycles. The van der Waals surface area contributed by atoms with Gasteiger partial charge in [0.2, 0.25) is 10.0 Å². The Labute approximate surface area is 115 Å². The van der Waals surface area contributed by atoms with Crippen LogP contribution in [-0.4, -0.2) is 18.4 Å². The van der Waals surface area contributed by atoms with Crippen LogP contribution in [0, 0.1) is 11.6 Å². The fraction of sp³-hybridized carbons (Fsp3) is 0.250. The Morgan fingerprint density at radius 2 is 1.95 bits per heavy atom. The molecule has 0 aliphatic heterocycles. The van der Waals surface area contributed by atoms with Crippen molar-refractivity contribution in [3.8, 4) is 0 Å². The fourth-order valence-electron chi connectivity index (χ4n) is 1.74. The van der Waals surface area contributed by atoms with Gasteiger partial charge in [0.05, 0.1) is 10.9 Å². The monoisotopic (exact) mass is 301 g/mol. The molecular formula is C12H13F2N3O2S. The molecule has 0 amide bonds. The Morgan fingerprint density at radius 3 is 2.45 bits per heavy atom. The lowest BCUT2D eigenvalue weighted by molar-refractivity contribution is 0.533. The van der Waals surface area contributed by atoms with Crippen molar-refractivity contribution in [3.05, 3.63) is 48.1 Å². The highest BCUT2D eigenvalue weighted by molar-refractivity contribution is 7.89. The number of rotatable bonds is 5. The number of imidazole rings is 1. The molecule has 2 rings (SSSR count). The van der Waals surface area contributed by atoms with E-state index in [0.29, 0.717) is 18.3 Å². The van der Waals surface area contributed by atoms with E-state index in [9.17, 15) is 17.2 Å². The van der Waals surface area contributed by atoms with E-state index in [-0.39, 0.29) is 0 Å². The largest absolute Gasteiger partial charge is 0.347 e. The summed E-state index contributed by atoms with van der Waals surface area (Å²) >= 11 is 0. The average Bonchev–Trinajstić information content (AvgIpc) is 2.88. The van der Waals surface area contributed by atoms with E-state index < -0.39 is 32.6 Å². The zero-order valence-corrected chi connectivity index (χ0v) is 11.4. The van der Waals surface area contributed by atoms with Crippen LogP contribution in [0.5, 0.6) is 0 Å². The summed E-state index contributed by atoms with van der Waals surface area (Å²) in [5.74, 6) is -1.46. The SMILES string of the molecule is CCC(NS(=O)(=O)c1cc(F)cc(F)c1)c1ncc[nH]1. The van der Waals surface area contributed by atoms with Crippen LogP contribution < -0.4 is 4.72 Å². The number of aromatic amines is 1. The average molecular weight is 301 g/mol. The summed E-state index contributed by atoms with van der Waals surface area (Å²) in [5.41, 5.74) is 0. The Morgan fingerprint density at radius 1 is 1.30 bits per heavy atom. The van der Waals surface area contributed by atoms with Crippen molar-refractivity contribution in [3.63, 3.8) is 0 Å². The molecule has 108 valence electrons. The minimum atomic E-state index is -4.03. The quantitative estimate of drug-likeness (QED) is 0.888. The molecule has 0 spiro atoms. The van der Waals surface area contributed by atoms with Crippen molar-refractivity contribution >= 4 is 10.0 Å². The van der Waals surface area contributed by atoms with Crippen molar-refractivity contribution in [2.45, 2.75) is 24.3 Å². The second kappa shape index (κ2) is 5.68. The molecule has 8 heteroatoms. The Hall–Kier alpha value is -1.80. The van der Waals surface area contributed by atoms with E-state index in [1.807, 2.05) is 0 Å². The van der Waals surface area contributed by atoms with Gasteiger partial charge in [0, 0.05) is 18.5 Å². The minimum Gasteiger partial charge on any atom is -0.347 e. The normalized spacial score (nSPS) is 13.3. The molecule has 5 nitrogen and oxygen atoms in total. The first-order valence-corrected chi connectivity index (χ1v) is 7.38. The van der Waals surface area contributed by atoms with Gasteiger partial charge in [-0.25, -0.2) is 26.9 Å². The predicted molar refractivity (Wildman–Crippen MR) is 68.3 cm³/mol. The van der Waals surface area contributed by atoms with Gasteiger partial charge in [-0.1, -0.05) is 6.92 Å². The molecule has 1 unspecified atom stereocenters. The van der Waals surface area contributed by atoms with Crippen LogP contribution in [0.3, 0.4) is 0 Å². The summed E-state index contributed by atoms with van der Waals surface area (Å²) in [6.45, 7) is 1.77. The molecule has 0 saturated carbocycles. The number of nitrogens with zero attached hydrogens (tertiary/aromatic N) is 1. The van der Waals surface area contributed by atoms with Crippen LogP contribution in [0.4, 0.5) is 8.78 Å². The van der Waals surface area contributed by atoms with Crippen LogP contribution in [0.25, 0.3) is 0 Å². The second-order valence-corrected chi connectivity index (χ2v) is 5.88. The van der Waals surface area contributed by atoms with E-state index in [4.69, 9.17) is 0 Å². The highest BCUT2D eigenvalue weighted by Gasteiger charge is 2.22. The van der Waals surface area contributed by atoms with Gasteiger partial charge in [0.15, 0.2) is 0 Å². The summed E-state index contributed by atoms with van der Waals surface area (Å²) < 4.78 is 52.8. The molecule has 0 aliphatic rings. The number of hydrogen-bond donors (Lipinski definition) is 2. The maximum atomic E-state index is 13.1. The van der Waals surface area contributed by atoms with Gasteiger partial charge < -0.3 is 4.98 Å². The van der Waals surface area contributed by atoms with E-state index in [0.717, 1.165) is 12.1 Å². The molecular weight excluding hydrogens is 288 g/mol. The molecule has 20 heavy (non-hydrogen) atoms. The third-order valence-electron chi connectivity index (χ3n) is 2.70. The van der Waals surface area contributed by atoms with Crippen molar-refractivity contribution < 1.29 is 17.2 Å².